The average Bonchev–Trinajstić information content (AvgIpc) is 2.37. The molecule has 19 heavy (non-hydrogen) atoms. The lowest BCUT2D eigenvalue weighted by Crippen LogP contribution is -2.14. The number of nitrogens with zero attached hydrogens (tertiary/aromatic N) is 3. The number of aromatic nitrogens is 4. The van der Waals surface area contributed by atoms with Crippen molar-refractivity contribution in [3.8, 4) is 17.4 Å². The molecule has 0 spiro atoms. The van der Waals surface area contributed by atoms with Crippen LogP contribution < -0.4 is 4.74 Å². The molecule has 0 aliphatic rings. The molecule has 0 aliphatic heterocycles. The van der Waals surface area contributed by atoms with Crippen LogP contribution in [0.5, 0.6) is 5.88 Å². The highest BCUT2D eigenvalue weighted by atomic mass is 32.1. The van der Waals surface area contributed by atoms with Crippen LogP contribution >= 0.6 is 12.2 Å². The van der Waals surface area contributed by atoms with Crippen molar-refractivity contribution in [2.24, 2.45) is 0 Å². The molecule has 2 aromatic heterocycles. The van der Waals surface area contributed by atoms with Crippen molar-refractivity contribution >= 4 is 12.2 Å². The molecular formula is C13H16N4OS. The number of hydrogen-bond donors (Lipinski definition) is 1. The van der Waals surface area contributed by atoms with Crippen LogP contribution in [0.15, 0.2) is 18.2 Å². The van der Waals surface area contributed by atoms with Crippen LogP contribution in [-0.4, -0.2) is 27.3 Å². The van der Waals surface area contributed by atoms with E-state index in [4.69, 9.17) is 17.0 Å². The summed E-state index contributed by atoms with van der Waals surface area (Å²) in [5.74, 6) is 1.09. The van der Waals surface area contributed by atoms with E-state index in [-0.39, 0.29) is 5.41 Å². The summed E-state index contributed by atoms with van der Waals surface area (Å²) < 4.78 is 5.52. The second-order valence-electron chi connectivity index (χ2n) is 5.19. The second kappa shape index (κ2) is 5.05. The molecule has 0 radical (unpaired) electrons. The van der Waals surface area contributed by atoms with Crippen molar-refractivity contribution in [2.75, 3.05) is 7.11 Å². The number of methoxy groups -OCH3 is 1. The molecule has 6 heteroatoms. The first-order valence-corrected chi connectivity index (χ1v) is 6.31. The van der Waals surface area contributed by atoms with Gasteiger partial charge in [-0.15, -0.1) is 10.2 Å². The molecule has 0 aliphatic carbocycles. The van der Waals surface area contributed by atoms with Gasteiger partial charge in [-0.2, -0.15) is 0 Å². The summed E-state index contributed by atoms with van der Waals surface area (Å²) in [6.45, 7) is 6.32. The Morgan fingerprint density at radius 1 is 1.21 bits per heavy atom. The third kappa shape index (κ3) is 3.14. The molecule has 1 N–H and O–H groups in total. The summed E-state index contributed by atoms with van der Waals surface area (Å²) in [7, 11) is 1.55. The molecule has 2 heterocycles. The van der Waals surface area contributed by atoms with Crippen LogP contribution in [0.4, 0.5) is 0 Å². The molecule has 5 nitrogen and oxygen atoms in total. The van der Waals surface area contributed by atoms with E-state index in [1.54, 1.807) is 19.2 Å². The molecule has 0 saturated heterocycles. The zero-order valence-corrected chi connectivity index (χ0v) is 12.2. The van der Waals surface area contributed by atoms with Crippen LogP contribution in [0.2, 0.25) is 0 Å². The minimum absolute atomic E-state index is 0.0366. The zero-order valence-electron chi connectivity index (χ0n) is 11.4. The Balaban J connectivity index is 2.49. The van der Waals surface area contributed by atoms with Gasteiger partial charge >= 0.3 is 0 Å². The summed E-state index contributed by atoms with van der Waals surface area (Å²) in [5.41, 5.74) is 1.61. The molecule has 0 unspecified atom stereocenters. The minimum Gasteiger partial charge on any atom is -0.480 e. The predicted molar refractivity (Wildman–Crippen MR) is 75.7 cm³/mol. The van der Waals surface area contributed by atoms with Gasteiger partial charge in [0.2, 0.25) is 5.88 Å². The van der Waals surface area contributed by atoms with Crippen molar-refractivity contribution in [1.82, 2.24) is 20.2 Å². The van der Waals surface area contributed by atoms with E-state index in [2.05, 4.69) is 40.9 Å². The van der Waals surface area contributed by atoms with Crippen LogP contribution in [0.1, 0.15) is 26.5 Å². The fourth-order valence-electron chi connectivity index (χ4n) is 1.54. The fraction of sp³-hybridized carbons (Fsp3) is 0.385. The number of rotatable bonds is 2. The Bertz CT molecular complexity index is 628. The summed E-state index contributed by atoms with van der Waals surface area (Å²) in [6.07, 6.45) is 0. The number of hydrogen-bond acceptors (Lipinski definition) is 5. The topological polar surface area (TPSA) is 63.7 Å². The Kier molecular flexibility index (Phi) is 3.61. The highest BCUT2D eigenvalue weighted by molar-refractivity contribution is 7.71. The zero-order chi connectivity index (χ0) is 14.0. The third-order valence-corrected chi connectivity index (χ3v) is 2.85. The van der Waals surface area contributed by atoms with Crippen LogP contribution in [0, 0.1) is 4.64 Å². The molecule has 2 aromatic rings. The maximum absolute atomic E-state index is 5.20. The van der Waals surface area contributed by atoms with Crippen molar-refractivity contribution in [2.45, 2.75) is 26.2 Å². The Hall–Kier alpha value is -1.82. The second-order valence-corrected chi connectivity index (χ2v) is 5.61. The SMILES string of the molecule is COc1ccc(-c2nc(=S)cc(C(C)(C)C)[nH]2)nn1. The van der Waals surface area contributed by atoms with E-state index in [0.717, 1.165) is 5.69 Å². The van der Waals surface area contributed by atoms with Gasteiger partial charge in [0.1, 0.15) is 10.3 Å². The lowest BCUT2D eigenvalue weighted by Gasteiger charge is -2.19. The van der Waals surface area contributed by atoms with Crippen molar-refractivity contribution < 1.29 is 4.74 Å². The average molecular weight is 276 g/mol. The minimum atomic E-state index is -0.0366. The first kappa shape index (κ1) is 13.6. The number of ether oxygens (including phenoxy) is 1. The number of nitrogens with one attached hydrogen (secondary N) is 1. The van der Waals surface area contributed by atoms with Gasteiger partial charge in [0.15, 0.2) is 5.82 Å². The highest BCUT2D eigenvalue weighted by Gasteiger charge is 2.16. The summed E-state index contributed by atoms with van der Waals surface area (Å²) in [5, 5.41) is 8.00. The molecule has 0 fully saturated rings. The Morgan fingerprint density at radius 2 is 1.95 bits per heavy atom. The molecule has 0 atom stereocenters. The largest absolute Gasteiger partial charge is 0.480 e. The third-order valence-electron chi connectivity index (χ3n) is 2.64. The molecule has 0 bridgehead atoms. The molecule has 0 saturated carbocycles. The van der Waals surface area contributed by atoms with E-state index >= 15 is 0 Å². The monoisotopic (exact) mass is 276 g/mol. The number of H-pyrrole nitrogens is 1. The van der Waals surface area contributed by atoms with Gasteiger partial charge < -0.3 is 9.72 Å². The lowest BCUT2D eigenvalue weighted by molar-refractivity contribution is 0.392. The van der Waals surface area contributed by atoms with Crippen LogP contribution in [0.3, 0.4) is 0 Å². The molecule has 0 aromatic carbocycles. The van der Waals surface area contributed by atoms with E-state index in [1.165, 1.54) is 0 Å². The normalized spacial score (nSPS) is 11.4. The highest BCUT2D eigenvalue weighted by Crippen LogP contribution is 2.22. The van der Waals surface area contributed by atoms with Crippen LogP contribution in [-0.2, 0) is 5.41 Å². The van der Waals surface area contributed by atoms with Gasteiger partial charge in [0, 0.05) is 17.2 Å². The first-order valence-electron chi connectivity index (χ1n) is 5.90. The molecule has 2 rings (SSSR count). The van der Waals surface area contributed by atoms with Gasteiger partial charge in [-0.25, -0.2) is 4.98 Å². The van der Waals surface area contributed by atoms with Gasteiger partial charge in [-0.05, 0) is 12.1 Å². The lowest BCUT2D eigenvalue weighted by atomic mass is 9.92. The number of aromatic amines is 1. The van der Waals surface area contributed by atoms with E-state index in [1.807, 2.05) is 6.07 Å². The maximum atomic E-state index is 5.20. The summed E-state index contributed by atoms with van der Waals surface area (Å²) in [4.78, 5) is 7.55. The van der Waals surface area contributed by atoms with Crippen molar-refractivity contribution in [3.05, 3.63) is 28.5 Å². The smallest absolute Gasteiger partial charge is 0.233 e. The summed E-state index contributed by atoms with van der Waals surface area (Å²) in [6, 6.07) is 5.41. The quantitative estimate of drug-likeness (QED) is 0.854. The van der Waals surface area contributed by atoms with Gasteiger partial charge in [-0.3, -0.25) is 0 Å². The van der Waals surface area contributed by atoms with E-state index in [0.29, 0.717) is 22.0 Å². The maximum Gasteiger partial charge on any atom is 0.233 e. The standard InChI is InChI=1S/C13H16N4OS/c1-13(2,3)9-7-11(19)15-12(14-9)8-5-6-10(18-4)17-16-8/h5-7H,1-4H3,(H,14,15,19). The van der Waals surface area contributed by atoms with Gasteiger partial charge in [0.05, 0.1) is 7.11 Å². The molecule has 100 valence electrons. The molecular weight excluding hydrogens is 260 g/mol. The predicted octanol–water partition coefficient (Wildman–Crippen LogP) is 2.90. The Labute approximate surface area is 117 Å². The van der Waals surface area contributed by atoms with Crippen molar-refractivity contribution in [3.63, 3.8) is 0 Å². The summed E-state index contributed by atoms with van der Waals surface area (Å²) >= 11 is 5.20. The van der Waals surface area contributed by atoms with Gasteiger partial charge in [-0.1, -0.05) is 33.0 Å². The van der Waals surface area contributed by atoms with Crippen molar-refractivity contribution in [1.29, 1.82) is 0 Å². The van der Waals surface area contributed by atoms with E-state index < -0.39 is 0 Å². The first-order chi connectivity index (χ1) is 8.90. The van der Waals surface area contributed by atoms with E-state index in [9.17, 15) is 0 Å². The fourth-order valence-corrected chi connectivity index (χ4v) is 1.75. The Morgan fingerprint density at radius 3 is 2.47 bits per heavy atom. The van der Waals surface area contributed by atoms with Crippen LogP contribution in [0.25, 0.3) is 11.5 Å². The van der Waals surface area contributed by atoms with Gasteiger partial charge in [0.25, 0.3) is 0 Å². The molecule has 0 amide bonds.